The van der Waals surface area contributed by atoms with Crippen molar-refractivity contribution in [2.24, 2.45) is 0 Å². The van der Waals surface area contributed by atoms with Gasteiger partial charge in [0.1, 0.15) is 11.9 Å². The zero-order valence-electron chi connectivity index (χ0n) is 13.5. The van der Waals surface area contributed by atoms with Crippen LogP contribution in [0.4, 0.5) is 36.4 Å². The molecule has 4 nitrogen and oxygen atoms in total. The molecule has 1 heterocycles. The molecule has 1 N–H and O–H groups in total. The number of hydrogen-bond acceptors (Lipinski definition) is 3. The number of alkyl halides is 6. The Morgan fingerprint density at radius 3 is 2.41 bits per heavy atom. The Kier molecular flexibility index (Phi) is 5.81. The molecular weight excluding hydrogens is 385 g/mol. The van der Waals surface area contributed by atoms with Crippen LogP contribution in [-0.2, 0) is 15.8 Å². The Bertz CT molecular complexity index is 756. The highest BCUT2D eigenvalue weighted by Gasteiger charge is 2.37. The van der Waals surface area contributed by atoms with E-state index in [0.29, 0.717) is 18.6 Å². The lowest BCUT2D eigenvalue weighted by Crippen LogP contribution is -2.37. The van der Waals surface area contributed by atoms with Crippen molar-refractivity contribution in [1.82, 2.24) is 4.90 Å². The number of halogens is 7. The number of allylic oxidation sites excluding steroid dienone is 1. The third kappa shape index (κ3) is 5.20. The summed E-state index contributed by atoms with van der Waals surface area (Å²) in [5.74, 6) is -4.38. The molecule has 0 aliphatic carbocycles. The number of anilines is 1. The second-order valence-electron chi connectivity index (χ2n) is 5.76. The van der Waals surface area contributed by atoms with Crippen LogP contribution < -0.4 is 5.32 Å². The van der Waals surface area contributed by atoms with Gasteiger partial charge in [0, 0.05) is 24.5 Å². The van der Waals surface area contributed by atoms with Gasteiger partial charge in [-0.1, -0.05) is 0 Å². The minimum absolute atomic E-state index is 0.191. The number of carbonyl (C=O) groups excluding carboxylic acids is 2. The van der Waals surface area contributed by atoms with Gasteiger partial charge in [-0.15, -0.1) is 0 Å². The molecule has 148 valence electrons. The molecule has 1 aromatic carbocycles. The van der Waals surface area contributed by atoms with Gasteiger partial charge in [0.15, 0.2) is 0 Å². The molecule has 1 atom stereocenters. The van der Waals surface area contributed by atoms with E-state index in [9.17, 15) is 40.3 Å². The molecule has 0 radical (unpaired) electrons. The van der Waals surface area contributed by atoms with Crippen LogP contribution in [0.5, 0.6) is 0 Å². The van der Waals surface area contributed by atoms with Gasteiger partial charge in [-0.05, 0) is 31.0 Å². The van der Waals surface area contributed by atoms with E-state index in [1.54, 1.807) is 0 Å². The van der Waals surface area contributed by atoms with Crippen LogP contribution in [0.1, 0.15) is 18.4 Å². The summed E-state index contributed by atoms with van der Waals surface area (Å²) < 4.78 is 88.0. The largest absolute Gasteiger partial charge is 0.454 e. The fraction of sp³-hybridized carbons (Fsp3) is 0.375. The van der Waals surface area contributed by atoms with Gasteiger partial charge in [0.05, 0.1) is 5.56 Å². The van der Waals surface area contributed by atoms with E-state index in [0.717, 1.165) is 12.3 Å². The molecule has 1 amide bonds. The number of hydrogen-bond donors (Lipinski definition) is 1. The van der Waals surface area contributed by atoms with Gasteiger partial charge in [-0.25, -0.2) is 4.39 Å². The van der Waals surface area contributed by atoms with Crippen molar-refractivity contribution in [3.63, 3.8) is 0 Å². The maximum Gasteiger partial charge on any atom is 0.454 e. The number of amides is 1. The lowest BCUT2D eigenvalue weighted by molar-refractivity contribution is -0.165. The molecule has 27 heavy (non-hydrogen) atoms. The average Bonchev–Trinajstić information content (AvgIpc) is 3.01. The first-order valence-corrected chi connectivity index (χ1v) is 7.62. The molecule has 0 spiro atoms. The quantitative estimate of drug-likeness (QED) is 0.619. The highest BCUT2D eigenvalue weighted by molar-refractivity contribution is 5.96. The van der Waals surface area contributed by atoms with E-state index in [1.807, 2.05) is 0 Å². The zero-order chi connectivity index (χ0) is 20.4. The van der Waals surface area contributed by atoms with Crippen molar-refractivity contribution >= 4 is 17.4 Å². The monoisotopic (exact) mass is 398 g/mol. The average molecular weight is 398 g/mol. The first kappa shape index (κ1) is 20.7. The summed E-state index contributed by atoms with van der Waals surface area (Å²) in [5, 5.41) is 2.18. The summed E-state index contributed by atoms with van der Waals surface area (Å²) in [6, 6.07) is 0.939. The van der Waals surface area contributed by atoms with Gasteiger partial charge in [-0.3, -0.25) is 9.59 Å². The predicted octanol–water partition coefficient (Wildman–Crippen LogP) is 3.89. The summed E-state index contributed by atoms with van der Waals surface area (Å²) in [6.07, 6.45) is -8.23. The van der Waals surface area contributed by atoms with Gasteiger partial charge < -0.3 is 10.2 Å². The summed E-state index contributed by atoms with van der Waals surface area (Å²) in [7, 11) is 0. The van der Waals surface area contributed by atoms with E-state index in [4.69, 9.17) is 0 Å². The van der Waals surface area contributed by atoms with Gasteiger partial charge in [-0.2, -0.15) is 26.3 Å². The molecule has 1 saturated heterocycles. The second kappa shape index (κ2) is 7.57. The van der Waals surface area contributed by atoms with Crippen LogP contribution in [0, 0.1) is 5.82 Å². The van der Waals surface area contributed by atoms with Crippen LogP contribution >= 0.6 is 0 Å². The van der Waals surface area contributed by atoms with Crippen molar-refractivity contribution in [3.05, 3.63) is 41.9 Å². The Morgan fingerprint density at radius 1 is 1.15 bits per heavy atom. The van der Waals surface area contributed by atoms with Crippen LogP contribution in [-0.4, -0.2) is 35.4 Å². The maximum atomic E-state index is 13.3. The molecule has 1 aliphatic heterocycles. The molecule has 0 unspecified atom stereocenters. The third-order valence-electron chi connectivity index (χ3n) is 3.83. The van der Waals surface area contributed by atoms with Gasteiger partial charge in [0.2, 0.25) is 5.91 Å². The van der Waals surface area contributed by atoms with Crippen LogP contribution in [0.2, 0.25) is 0 Å². The molecule has 11 heteroatoms. The smallest absolute Gasteiger partial charge is 0.365 e. The van der Waals surface area contributed by atoms with E-state index in [2.05, 4.69) is 5.32 Å². The number of carbonyl (C=O) groups is 2. The highest BCUT2D eigenvalue weighted by Crippen LogP contribution is 2.33. The number of benzene rings is 1. The lowest BCUT2D eigenvalue weighted by Gasteiger charge is -2.22. The van der Waals surface area contributed by atoms with E-state index in [-0.39, 0.29) is 24.7 Å². The summed E-state index contributed by atoms with van der Waals surface area (Å²) in [6.45, 7) is 0.191. The SMILES string of the molecule is O=C(Nc1ccc(F)c(C(F)(F)F)c1)[C@@H]1CCCN1/C=C/C(=O)C(F)(F)F. The molecule has 0 saturated carbocycles. The van der Waals surface area contributed by atoms with Crippen molar-refractivity contribution < 1.29 is 40.3 Å². The molecular formula is C16H13F7N2O2. The van der Waals surface area contributed by atoms with Crippen molar-refractivity contribution in [2.45, 2.75) is 31.2 Å². The number of nitrogens with zero attached hydrogens (tertiary/aromatic N) is 1. The topological polar surface area (TPSA) is 49.4 Å². The molecule has 2 rings (SSSR count). The fourth-order valence-electron chi connectivity index (χ4n) is 2.55. The highest BCUT2D eigenvalue weighted by atomic mass is 19.4. The van der Waals surface area contributed by atoms with Crippen molar-refractivity contribution in [2.75, 3.05) is 11.9 Å². The fourth-order valence-corrected chi connectivity index (χ4v) is 2.55. The Hall–Kier alpha value is -2.59. The van der Waals surface area contributed by atoms with Crippen molar-refractivity contribution in [3.8, 4) is 0 Å². The second-order valence-corrected chi connectivity index (χ2v) is 5.76. The molecule has 1 aliphatic rings. The number of rotatable bonds is 4. The molecule has 0 aromatic heterocycles. The van der Waals surface area contributed by atoms with Gasteiger partial charge >= 0.3 is 12.4 Å². The maximum absolute atomic E-state index is 13.3. The zero-order valence-corrected chi connectivity index (χ0v) is 13.5. The number of ketones is 1. The number of nitrogens with one attached hydrogen (secondary N) is 1. The summed E-state index contributed by atoms with van der Waals surface area (Å²) >= 11 is 0. The first-order chi connectivity index (χ1) is 12.4. The minimum atomic E-state index is -5.05. The summed E-state index contributed by atoms with van der Waals surface area (Å²) in [4.78, 5) is 24.3. The Balaban J connectivity index is 2.11. The number of likely N-dealkylation sites (tertiary alicyclic amines) is 1. The first-order valence-electron chi connectivity index (χ1n) is 7.62. The Labute approximate surface area is 148 Å². The standard InChI is InChI=1S/C16H13F7N2O2/c17-11-4-3-9(8-10(11)15(18,19)20)24-14(27)12-2-1-6-25(12)7-5-13(26)16(21,22)23/h3-5,7-8,12H,1-2,6H2,(H,24,27)/b7-5+/t12-/m0/s1. The Morgan fingerprint density at radius 2 is 1.81 bits per heavy atom. The van der Waals surface area contributed by atoms with E-state index < -0.39 is 41.5 Å². The van der Waals surface area contributed by atoms with E-state index in [1.165, 1.54) is 4.90 Å². The third-order valence-corrected chi connectivity index (χ3v) is 3.83. The molecule has 1 aromatic rings. The van der Waals surface area contributed by atoms with Crippen LogP contribution in [0.15, 0.2) is 30.5 Å². The summed E-state index contributed by atoms with van der Waals surface area (Å²) in [5.41, 5.74) is -1.87. The predicted molar refractivity (Wildman–Crippen MR) is 80.0 cm³/mol. The minimum Gasteiger partial charge on any atom is -0.365 e. The van der Waals surface area contributed by atoms with Gasteiger partial charge in [0.25, 0.3) is 5.78 Å². The normalized spacial score (nSPS) is 18.2. The lowest BCUT2D eigenvalue weighted by atomic mass is 10.1. The van der Waals surface area contributed by atoms with Crippen LogP contribution in [0.3, 0.4) is 0 Å². The van der Waals surface area contributed by atoms with Crippen LogP contribution in [0.25, 0.3) is 0 Å². The van der Waals surface area contributed by atoms with E-state index >= 15 is 0 Å². The molecule has 0 bridgehead atoms. The van der Waals surface area contributed by atoms with Crippen molar-refractivity contribution in [1.29, 1.82) is 0 Å². The molecule has 1 fully saturated rings.